The number of anilines is 1. The first-order valence-electron chi connectivity index (χ1n) is 9.52. The Balaban J connectivity index is 1.58. The average molecular weight is 395 g/mol. The van der Waals surface area contributed by atoms with E-state index >= 15 is 0 Å². The summed E-state index contributed by atoms with van der Waals surface area (Å²) in [4.78, 5) is 40.0. The molecule has 1 aliphatic heterocycles. The lowest BCUT2D eigenvalue weighted by Crippen LogP contribution is -2.35. The van der Waals surface area contributed by atoms with Crippen LogP contribution in [0.2, 0.25) is 0 Å². The molecule has 0 spiro atoms. The van der Waals surface area contributed by atoms with Gasteiger partial charge in [0.2, 0.25) is 11.8 Å². The van der Waals surface area contributed by atoms with E-state index in [0.29, 0.717) is 30.0 Å². The van der Waals surface area contributed by atoms with Crippen LogP contribution in [0.25, 0.3) is 0 Å². The number of ether oxygens (including phenoxy) is 1. The van der Waals surface area contributed by atoms with Crippen molar-refractivity contribution in [2.75, 3.05) is 32.6 Å². The Bertz CT molecular complexity index is 895. The average Bonchev–Trinajstić information content (AvgIpc) is 3.12. The van der Waals surface area contributed by atoms with Crippen LogP contribution in [-0.4, -0.2) is 54.8 Å². The first-order valence-corrected chi connectivity index (χ1v) is 9.52. The molecule has 0 atom stereocenters. The van der Waals surface area contributed by atoms with E-state index in [1.54, 1.807) is 61.5 Å². The van der Waals surface area contributed by atoms with E-state index in [1.807, 2.05) is 6.07 Å². The molecule has 3 amide bonds. The Hall–Kier alpha value is -3.35. The topological polar surface area (TPSA) is 79.0 Å². The molecule has 0 aromatic heterocycles. The lowest BCUT2D eigenvalue weighted by Gasteiger charge is -2.19. The van der Waals surface area contributed by atoms with Crippen LogP contribution in [0.4, 0.5) is 5.69 Å². The van der Waals surface area contributed by atoms with Gasteiger partial charge in [-0.1, -0.05) is 12.1 Å². The van der Waals surface area contributed by atoms with Crippen LogP contribution in [0.5, 0.6) is 5.75 Å². The normalized spacial score (nSPS) is 13.3. The minimum atomic E-state index is -0.287. The van der Waals surface area contributed by atoms with Crippen molar-refractivity contribution in [3.63, 3.8) is 0 Å². The van der Waals surface area contributed by atoms with Crippen LogP contribution < -0.4 is 10.1 Å². The minimum absolute atomic E-state index is 0.0697. The summed E-state index contributed by atoms with van der Waals surface area (Å²) in [5.41, 5.74) is 2.03. The van der Waals surface area contributed by atoms with Crippen LogP contribution in [0.15, 0.2) is 48.5 Å². The van der Waals surface area contributed by atoms with Gasteiger partial charge in [0.15, 0.2) is 0 Å². The van der Waals surface area contributed by atoms with Gasteiger partial charge in [-0.15, -0.1) is 0 Å². The van der Waals surface area contributed by atoms with Crippen LogP contribution in [0, 0.1) is 0 Å². The van der Waals surface area contributed by atoms with E-state index in [1.165, 1.54) is 4.90 Å². The maximum Gasteiger partial charge on any atom is 0.254 e. The number of hydrogen-bond donors (Lipinski definition) is 1. The molecule has 0 saturated carbocycles. The monoisotopic (exact) mass is 395 g/mol. The molecule has 1 aliphatic rings. The third-order valence-electron chi connectivity index (χ3n) is 4.82. The number of methoxy groups -OCH3 is 1. The third kappa shape index (κ3) is 5.34. The third-order valence-corrected chi connectivity index (χ3v) is 4.82. The molecule has 3 rings (SSSR count). The second kappa shape index (κ2) is 9.23. The summed E-state index contributed by atoms with van der Waals surface area (Å²) in [6.45, 7) is 1.18. The molecule has 152 valence electrons. The number of carbonyl (C=O) groups excluding carboxylic acids is 3. The summed E-state index contributed by atoms with van der Waals surface area (Å²) in [7, 11) is 3.17. The van der Waals surface area contributed by atoms with Crippen molar-refractivity contribution in [1.82, 2.24) is 9.80 Å². The molecule has 1 heterocycles. The molecule has 0 aliphatic carbocycles. The molecule has 29 heavy (non-hydrogen) atoms. The molecule has 7 nitrogen and oxygen atoms in total. The van der Waals surface area contributed by atoms with Crippen LogP contribution in [-0.2, 0) is 16.1 Å². The highest BCUT2D eigenvalue weighted by Gasteiger charge is 2.21. The van der Waals surface area contributed by atoms with Gasteiger partial charge in [-0.05, 0) is 48.4 Å². The number of likely N-dealkylation sites (tertiary alicyclic amines) is 1. The van der Waals surface area contributed by atoms with Crippen molar-refractivity contribution in [2.24, 2.45) is 0 Å². The van der Waals surface area contributed by atoms with E-state index in [0.717, 1.165) is 18.5 Å². The van der Waals surface area contributed by atoms with Crippen molar-refractivity contribution < 1.29 is 19.1 Å². The highest BCUT2D eigenvalue weighted by Crippen LogP contribution is 2.17. The Labute approximate surface area is 170 Å². The van der Waals surface area contributed by atoms with Crippen LogP contribution in [0.3, 0.4) is 0 Å². The number of nitrogens with zero attached hydrogens (tertiary/aromatic N) is 2. The highest BCUT2D eigenvalue weighted by atomic mass is 16.5. The molecule has 1 saturated heterocycles. The van der Waals surface area contributed by atoms with Crippen LogP contribution in [0.1, 0.15) is 28.8 Å². The largest absolute Gasteiger partial charge is 0.497 e. The number of carbonyl (C=O) groups is 3. The fourth-order valence-electron chi connectivity index (χ4n) is 3.28. The number of rotatable bonds is 7. The lowest BCUT2D eigenvalue weighted by molar-refractivity contribution is -0.128. The molecule has 2 aromatic carbocycles. The van der Waals surface area contributed by atoms with Crippen LogP contribution >= 0.6 is 0 Å². The van der Waals surface area contributed by atoms with Crippen molar-refractivity contribution in [1.29, 1.82) is 0 Å². The van der Waals surface area contributed by atoms with Gasteiger partial charge in [-0.2, -0.15) is 0 Å². The predicted molar refractivity (Wildman–Crippen MR) is 110 cm³/mol. The Morgan fingerprint density at radius 1 is 1.17 bits per heavy atom. The SMILES string of the molecule is COc1ccc(NC(=O)CN(C)C(=O)c2cccc(CN3CCCC3=O)c2)cc1. The van der Waals surface area contributed by atoms with E-state index < -0.39 is 0 Å². The molecule has 0 radical (unpaired) electrons. The second-order valence-electron chi connectivity index (χ2n) is 7.06. The number of nitrogens with one attached hydrogen (secondary N) is 1. The summed E-state index contributed by atoms with van der Waals surface area (Å²) in [5.74, 6) is 0.314. The quantitative estimate of drug-likeness (QED) is 0.781. The van der Waals surface area contributed by atoms with Gasteiger partial charge in [-0.25, -0.2) is 0 Å². The predicted octanol–water partition coefficient (Wildman–Crippen LogP) is 2.53. The Morgan fingerprint density at radius 3 is 2.59 bits per heavy atom. The second-order valence-corrected chi connectivity index (χ2v) is 7.06. The summed E-state index contributed by atoms with van der Waals surface area (Å²) in [5, 5.41) is 2.76. The molecular formula is C22H25N3O4. The first-order chi connectivity index (χ1) is 14.0. The molecule has 1 fully saturated rings. The zero-order valence-electron chi connectivity index (χ0n) is 16.7. The summed E-state index contributed by atoms with van der Waals surface area (Å²) in [6.07, 6.45) is 1.47. The summed E-state index contributed by atoms with van der Waals surface area (Å²) < 4.78 is 5.09. The van der Waals surface area contributed by atoms with E-state index in [2.05, 4.69) is 5.32 Å². The molecule has 1 N–H and O–H groups in total. The standard InChI is InChI=1S/C22H25N3O4/c1-24(15-20(26)23-18-8-10-19(29-2)11-9-18)22(28)17-6-3-5-16(13-17)14-25-12-4-7-21(25)27/h3,5-6,8-11,13H,4,7,12,14-15H2,1-2H3,(H,23,26). The molecule has 0 bridgehead atoms. The maximum absolute atomic E-state index is 12.7. The van der Waals surface area contributed by atoms with Gasteiger partial charge in [0.25, 0.3) is 5.91 Å². The fourth-order valence-corrected chi connectivity index (χ4v) is 3.28. The zero-order valence-corrected chi connectivity index (χ0v) is 16.7. The van der Waals surface area contributed by atoms with Gasteiger partial charge in [0, 0.05) is 37.8 Å². The number of benzene rings is 2. The maximum atomic E-state index is 12.7. The lowest BCUT2D eigenvalue weighted by atomic mass is 10.1. The van der Waals surface area contributed by atoms with Gasteiger partial charge in [-0.3, -0.25) is 14.4 Å². The number of hydrogen-bond acceptors (Lipinski definition) is 4. The Morgan fingerprint density at radius 2 is 1.93 bits per heavy atom. The zero-order chi connectivity index (χ0) is 20.8. The van der Waals surface area contributed by atoms with Gasteiger partial charge < -0.3 is 19.9 Å². The Kier molecular flexibility index (Phi) is 6.49. The first kappa shape index (κ1) is 20.4. The molecule has 0 unspecified atom stereocenters. The minimum Gasteiger partial charge on any atom is -0.497 e. The van der Waals surface area contributed by atoms with Crippen molar-refractivity contribution in [3.05, 3.63) is 59.7 Å². The smallest absolute Gasteiger partial charge is 0.254 e. The molecule has 2 aromatic rings. The van der Waals surface area contributed by atoms with E-state index in [9.17, 15) is 14.4 Å². The number of likely N-dealkylation sites (N-methyl/N-ethyl adjacent to an activating group) is 1. The molecular weight excluding hydrogens is 370 g/mol. The van der Waals surface area contributed by atoms with Crippen molar-refractivity contribution >= 4 is 23.4 Å². The van der Waals surface area contributed by atoms with Crippen molar-refractivity contribution in [3.8, 4) is 5.75 Å². The number of amides is 3. The van der Waals surface area contributed by atoms with Gasteiger partial charge >= 0.3 is 0 Å². The van der Waals surface area contributed by atoms with E-state index in [-0.39, 0.29) is 24.3 Å². The van der Waals surface area contributed by atoms with E-state index in [4.69, 9.17) is 4.74 Å². The van der Waals surface area contributed by atoms with Gasteiger partial charge in [0.05, 0.1) is 13.7 Å². The molecule has 7 heteroatoms. The van der Waals surface area contributed by atoms with Crippen molar-refractivity contribution in [2.45, 2.75) is 19.4 Å². The fraction of sp³-hybridized carbons (Fsp3) is 0.318. The summed E-state index contributed by atoms with van der Waals surface area (Å²) >= 11 is 0. The van der Waals surface area contributed by atoms with Gasteiger partial charge in [0.1, 0.15) is 5.75 Å². The highest BCUT2D eigenvalue weighted by molar-refractivity contribution is 5.99. The summed E-state index contributed by atoms with van der Waals surface area (Å²) in [6, 6.07) is 14.2.